The highest BCUT2D eigenvalue weighted by atomic mass is 35.5. The van der Waals surface area contributed by atoms with Gasteiger partial charge in [-0.25, -0.2) is 0 Å². The van der Waals surface area contributed by atoms with Crippen LogP contribution in [0.25, 0.3) is 0 Å². The number of carbonyl (C=O) groups is 2. The molecule has 0 aromatic heterocycles. The van der Waals surface area contributed by atoms with Crippen LogP contribution in [0.15, 0.2) is 30.3 Å². The molecular formula is C15H21ClN2O3. The van der Waals surface area contributed by atoms with E-state index in [1.165, 1.54) is 5.56 Å². The average Bonchev–Trinajstić information content (AvgIpc) is 2.79. The lowest BCUT2D eigenvalue weighted by atomic mass is 9.97. The molecule has 5 nitrogen and oxygen atoms in total. The summed E-state index contributed by atoms with van der Waals surface area (Å²) in [6.07, 6.45) is 1.02. The third-order valence-corrected chi connectivity index (χ3v) is 3.76. The van der Waals surface area contributed by atoms with Crippen molar-refractivity contribution in [3.8, 4) is 0 Å². The molecule has 0 saturated carbocycles. The van der Waals surface area contributed by atoms with E-state index in [9.17, 15) is 9.59 Å². The molecule has 1 aromatic rings. The summed E-state index contributed by atoms with van der Waals surface area (Å²) in [5, 5.41) is 10.9. The normalized spacial score (nSPS) is 21.6. The number of rotatable bonds is 5. The molecule has 2 rings (SSSR count). The Labute approximate surface area is 130 Å². The molecule has 116 valence electrons. The zero-order chi connectivity index (χ0) is 14.5. The van der Waals surface area contributed by atoms with Crippen molar-refractivity contribution in [1.82, 2.24) is 10.2 Å². The van der Waals surface area contributed by atoms with Gasteiger partial charge in [-0.1, -0.05) is 30.3 Å². The number of carboxylic acid groups (broad SMARTS) is 1. The summed E-state index contributed by atoms with van der Waals surface area (Å²) >= 11 is 0. The number of nitrogens with one attached hydrogen (secondary N) is 1. The van der Waals surface area contributed by atoms with Gasteiger partial charge in [0.2, 0.25) is 5.91 Å². The minimum Gasteiger partial charge on any atom is -0.480 e. The first-order valence-corrected chi connectivity index (χ1v) is 6.83. The van der Waals surface area contributed by atoms with Crippen molar-refractivity contribution in [1.29, 1.82) is 0 Å². The van der Waals surface area contributed by atoms with E-state index in [0.29, 0.717) is 12.0 Å². The second-order valence-corrected chi connectivity index (χ2v) is 5.29. The molecule has 0 bridgehead atoms. The van der Waals surface area contributed by atoms with Crippen LogP contribution in [-0.4, -0.2) is 47.6 Å². The molecule has 1 saturated heterocycles. The highest BCUT2D eigenvalue weighted by Gasteiger charge is 2.30. The number of carboxylic acids is 1. The highest BCUT2D eigenvalue weighted by Crippen LogP contribution is 2.30. The van der Waals surface area contributed by atoms with Gasteiger partial charge in [0.1, 0.15) is 6.54 Å². The predicted octanol–water partition coefficient (Wildman–Crippen LogP) is 1.49. The van der Waals surface area contributed by atoms with Crippen LogP contribution in [0.1, 0.15) is 24.8 Å². The Balaban J connectivity index is 0.00000220. The molecule has 2 N–H and O–H groups in total. The van der Waals surface area contributed by atoms with Crippen LogP contribution in [-0.2, 0) is 9.59 Å². The molecule has 1 heterocycles. The Morgan fingerprint density at radius 1 is 1.33 bits per heavy atom. The van der Waals surface area contributed by atoms with E-state index in [2.05, 4.69) is 29.3 Å². The van der Waals surface area contributed by atoms with Gasteiger partial charge in [-0.2, -0.15) is 0 Å². The second-order valence-electron chi connectivity index (χ2n) is 5.29. The van der Waals surface area contributed by atoms with Crippen LogP contribution in [0.3, 0.4) is 0 Å². The minimum atomic E-state index is -1.02. The second kappa shape index (κ2) is 8.00. The first-order chi connectivity index (χ1) is 9.56. The standard InChI is InChI=1S/C15H20N2O3.ClH/c1-11-7-13(12-5-3-2-4-6-12)9-17(11)10-14(18)16-8-15(19)20;/h2-6,11,13H,7-10H2,1H3,(H,16,18)(H,19,20);1H. The number of halogens is 1. The molecule has 0 spiro atoms. The van der Waals surface area contributed by atoms with E-state index in [1.807, 2.05) is 18.2 Å². The lowest BCUT2D eigenvalue weighted by Gasteiger charge is -2.19. The third kappa shape index (κ3) is 5.02. The Morgan fingerprint density at radius 2 is 2.00 bits per heavy atom. The fourth-order valence-corrected chi connectivity index (χ4v) is 2.70. The highest BCUT2D eigenvalue weighted by molar-refractivity contribution is 5.85. The monoisotopic (exact) mass is 312 g/mol. The number of nitrogens with zero attached hydrogens (tertiary/aromatic N) is 1. The number of aliphatic carboxylic acids is 1. The van der Waals surface area contributed by atoms with Crippen LogP contribution in [0.4, 0.5) is 0 Å². The average molecular weight is 313 g/mol. The molecule has 21 heavy (non-hydrogen) atoms. The summed E-state index contributed by atoms with van der Waals surface area (Å²) < 4.78 is 0. The number of hydrogen-bond donors (Lipinski definition) is 2. The molecular weight excluding hydrogens is 292 g/mol. The molecule has 1 aliphatic rings. The Bertz CT molecular complexity index is 481. The quantitative estimate of drug-likeness (QED) is 0.864. The predicted molar refractivity (Wildman–Crippen MR) is 82.7 cm³/mol. The molecule has 2 atom stereocenters. The van der Waals surface area contributed by atoms with Crippen LogP contribution in [0, 0.1) is 0 Å². The van der Waals surface area contributed by atoms with Crippen molar-refractivity contribution < 1.29 is 14.7 Å². The van der Waals surface area contributed by atoms with Gasteiger partial charge in [-0.3, -0.25) is 14.5 Å². The molecule has 6 heteroatoms. The number of carbonyl (C=O) groups excluding carboxylic acids is 1. The number of benzene rings is 1. The lowest BCUT2D eigenvalue weighted by molar-refractivity contribution is -0.138. The maximum absolute atomic E-state index is 11.7. The zero-order valence-electron chi connectivity index (χ0n) is 12.0. The topological polar surface area (TPSA) is 69.6 Å². The first kappa shape index (κ1) is 17.5. The Morgan fingerprint density at radius 3 is 2.62 bits per heavy atom. The van der Waals surface area contributed by atoms with Crippen LogP contribution in [0.5, 0.6) is 0 Å². The molecule has 1 fully saturated rings. The van der Waals surface area contributed by atoms with E-state index in [0.717, 1.165) is 13.0 Å². The van der Waals surface area contributed by atoms with Crippen LogP contribution in [0.2, 0.25) is 0 Å². The van der Waals surface area contributed by atoms with Gasteiger partial charge in [-0.15, -0.1) is 12.4 Å². The zero-order valence-corrected chi connectivity index (χ0v) is 12.8. The van der Waals surface area contributed by atoms with Gasteiger partial charge in [0, 0.05) is 12.6 Å². The summed E-state index contributed by atoms with van der Waals surface area (Å²) in [6, 6.07) is 10.6. The van der Waals surface area contributed by atoms with E-state index in [-0.39, 0.29) is 31.4 Å². The van der Waals surface area contributed by atoms with Gasteiger partial charge >= 0.3 is 5.97 Å². The van der Waals surface area contributed by atoms with E-state index in [4.69, 9.17) is 5.11 Å². The van der Waals surface area contributed by atoms with Crippen LogP contribution >= 0.6 is 12.4 Å². The lowest BCUT2D eigenvalue weighted by Crippen LogP contribution is -2.40. The Hall–Kier alpha value is -1.59. The SMILES string of the molecule is CC1CC(c2ccccc2)CN1CC(=O)NCC(=O)O.Cl. The molecule has 1 aliphatic heterocycles. The van der Waals surface area contributed by atoms with E-state index in [1.54, 1.807) is 0 Å². The van der Waals surface area contributed by atoms with Crippen molar-refractivity contribution in [3.63, 3.8) is 0 Å². The summed E-state index contributed by atoms with van der Waals surface area (Å²) in [4.78, 5) is 24.2. The van der Waals surface area contributed by atoms with Crippen molar-refractivity contribution in [2.45, 2.75) is 25.3 Å². The van der Waals surface area contributed by atoms with E-state index >= 15 is 0 Å². The smallest absolute Gasteiger partial charge is 0.322 e. The van der Waals surface area contributed by atoms with Gasteiger partial charge in [-0.05, 0) is 24.8 Å². The fraction of sp³-hybridized carbons (Fsp3) is 0.467. The third-order valence-electron chi connectivity index (χ3n) is 3.76. The van der Waals surface area contributed by atoms with Crippen molar-refractivity contribution in [2.75, 3.05) is 19.6 Å². The molecule has 2 unspecified atom stereocenters. The van der Waals surface area contributed by atoms with Crippen molar-refractivity contribution >= 4 is 24.3 Å². The van der Waals surface area contributed by atoms with Gasteiger partial charge in [0.05, 0.1) is 6.54 Å². The molecule has 0 radical (unpaired) electrons. The van der Waals surface area contributed by atoms with Crippen molar-refractivity contribution in [2.24, 2.45) is 0 Å². The number of hydrogen-bond acceptors (Lipinski definition) is 3. The summed E-state index contributed by atoms with van der Waals surface area (Å²) in [7, 11) is 0. The fourth-order valence-electron chi connectivity index (χ4n) is 2.70. The van der Waals surface area contributed by atoms with Gasteiger partial charge in [0.25, 0.3) is 0 Å². The number of likely N-dealkylation sites (tertiary alicyclic amines) is 1. The van der Waals surface area contributed by atoms with Gasteiger partial charge < -0.3 is 10.4 Å². The summed E-state index contributed by atoms with van der Waals surface area (Å²) in [5.41, 5.74) is 1.30. The number of amides is 1. The van der Waals surface area contributed by atoms with Gasteiger partial charge in [0.15, 0.2) is 0 Å². The molecule has 0 aliphatic carbocycles. The van der Waals surface area contributed by atoms with Crippen LogP contribution < -0.4 is 5.32 Å². The maximum Gasteiger partial charge on any atom is 0.322 e. The van der Waals surface area contributed by atoms with Crippen molar-refractivity contribution in [3.05, 3.63) is 35.9 Å². The summed E-state index contributed by atoms with van der Waals surface area (Å²) in [6.45, 7) is 2.89. The summed E-state index contributed by atoms with van der Waals surface area (Å²) in [5.74, 6) is -0.804. The van der Waals surface area contributed by atoms with E-state index < -0.39 is 5.97 Å². The molecule has 1 amide bonds. The molecule has 1 aromatic carbocycles. The Kier molecular flexibility index (Phi) is 6.65. The largest absolute Gasteiger partial charge is 0.480 e. The maximum atomic E-state index is 11.7. The first-order valence-electron chi connectivity index (χ1n) is 6.83. The minimum absolute atomic E-state index is 0.